The van der Waals surface area contributed by atoms with Gasteiger partial charge < -0.3 is 9.47 Å². The molecule has 2 aliphatic rings. The summed E-state index contributed by atoms with van der Waals surface area (Å²) < 4.78 is 11.7. The number of rotatable bonds is 1. The minimum Gasteiger partial charge on any atom is -0.347 e. The monoisotopic (exact) mass is 194 g/mol. The lowest BCUT2D eigenvalue weighted by Gasteiger charge is -2.19. The molecule has 0 saturated carbocycles. The minimum absolute atomic E-state index is 0.0480. The molecule has 4 atom stereocenters. The Bertz CT molecular complexity index is 217. The lowest BCUT2D eigenvalue weighted by atomic mass is 9.80. The molecule has 14 heavy (non-hydrogen) atoms. The van der Waals surface area contributed by atoms with Gasteiger partial charge in [0.2, 0.25) is 0 Å². The van der Waals surface area contributed by atoms with Crippen molar-refractivity contribution in [3.8, 4) is 0 Å². The SMILES string of the molecule is BC1/C=C/CC2OC(CC)OC2CC1. The smallest absolute Gasteiger partial charge is 0.158 e. The van der Waals surface area contributed by atoms with Crippen molar-refractivity contribution < 1.29 is 9.47 Å². The van der Waals surface area contributed by atoms with Gasteiger partial charge in [-0.2, -0.15) is 0 Å². The van der Waals surface area contributed by atoms with E-state index in [-0.39, 0.29) is 6.29 Å². The van der Waals surface area contributed by atoms with Crippen molar-refractivity contribution in [2.24, 2.45) is 0 Å². The molecular formula is C11H19BO2. The van der Waals surface area contributed by atoms with Gasteiger partial charge in [0.05, 0.1) is 12.2 Å². The standard InChI is InChI=1S/C11H19BO2/c1-2-11-13-9-5-3-4-8(12)6-7-10(9)14-11/h3-4,8-11H,2,5-7,12H2,1H3/b4-3+. The van der Waals surface area contributed by atoms with Gasteiger partial charge in [0.25, 0.3) is 0 Å². The normalized spacial score (nSPS) is 45.2. The molecule has 0 radical (unpaired) electrons. The first kappa shape index (κ1) is 10.2. The lowest BCUT2D eigenvalue weighted by molar-refractivity contribution is -0.0673. The van der Waals surface area contributed by atoms with Crippen LogP contribution in [0.2, 0.25) is 5.82 Å². The Morgan fingerprint density at radius 2 is 2.07 bits per heavy atom. The molecule has 0 bridgehead atoms. The quantitative estimate of drug-likeness (QED) is 0.467. The molecule has 0 aromatic rings. The summed E-state index contributed by atoms with van der Waals surface area (Å²) in [5.41, 5.74) is 0. The van der Waals surface area contributed by atoms with Crippen LogP contribution in [0.15, 0.2) is 12.2 Å². The zero-order chi connectivity index (χ0) is 9.97. The van der Waals surface area contributed by atoms with Crippen LogP contribution in [0, 0.1) is 0 Å². The molecule has 2 nitrogen and oxygen atoms in total. The highest BCUT2D eigenvalue weighted by atomic mass is 16.7. The molecule has 1 aliphatic carbocycles. The van der Waals surface area contributed by atoms with Gasteiger partial charge >= 0.3 is 0 Å². The van der Waals surface area contributed by atoms with Gasteiger partial charge in [-0.15, -0.1) is 0 Å². The van der Waals surface area contributed by atoms with Crippen molar-refractivity contribution in [1.29, 1.82) is 0 Å². The zero-order valence-corrected chi connectivity index (χ0v) is 9.11. The molecule has 0 amide bonds. The van der Waals surface area contributed by atoms with Gasteiger partial charge in [-0.1, -0.05) is 31.3 Å². The van der Waals surface area contributed by atoms with Crippen LogP contribution in [-0.4, -0.2) is 26.3 Å². The molecule has 0 spiro atoms. The fraction of sp³-hybridized carbons (Fsp3) is 0.818. The number of ether oxygens (including phenoxy) is 2. The maximum absolute atomic E-state index is 5.84. The summed E-state index contributed by atoms with van der Waals surface area (Å²) in [5.74, 6) is 0.695. The van der Waals surface area contributed by atoms with Gasteiger partial charge in [0.15, 0.2) is 6.29 Å². The van der Waals surface area contributed by atoms with E-state index >= 15 is 0 Å². The Morgan fingerprint density at radius 1 is 1.29 bits per heavy atom. The fourth-order valence-corrected chi connectivity index (χ4v) is 2.22. The van der Waals surface area contributed by atoms with Crippen molar-refractivity contribution in [1.82, 2.24) is 0 Å². The van der Waals surface area contributed by atoms with Crippen LogP contribution < -0.4 is 0 Å². The van der Waals surface area contributed by atoms with E-state index in [9.17, 15) is 0 Å². The molecule has 1 heterocycles. The lowest BCUT2D eigenvalue weighted by Crippen LogP contribution is -2.23. The minimum atomic E-state index is 0.0480. The van der Waals surface area contributed by atoms with E-state index < -0.39 is 0 Å². The van der Waals surface area contributed by atoms with Crippen LogP contribution in [-0.2, 0) is 9.47 Å². The van der Waals surface area contributed by atoms with Crippen molar-refractivity contribution in [2.75, 3.05) is 0 Å². The average molecular weight is 194 g/mol. The molecule has 3 heteroatoms. The van der Waals surface area contributed by atoms with E-state index in [2.05, 4.69) is 26.9 Å². The second-order valence-corrected chi connectivity index (χ2v) is 4.41. The maximum Gasteiger partial charge on any atom is 0.158 e. The predicted octanol–water partition coefficient (Wildman–Crippen LogP) is 1.67. The van der Waals surface area contributed by atoms with Crippen LogP contribution in [0.5, 0.6) is 0 Å². The highest BCUT2D eigenvalue weighted by Gasteiger charge is 2.34. The highest BCUT2D eigenvalue weighted by Crippen LogP contribution is 2.30. The Balaban J connectivity index is 1.98. The second-order valence-electron chi connectivity index (χ2n) is 4.41. The van der Waals surface area contributed by atoms with E-state index in [0.717, 1.165) is 19.3 Å². The van der Waals surface area contributed by atoms with Gasteiger partial charge in [-0.3, -0.25) is 0 Å². The van der Waals surface area contributed by atoms with E-state index in [4.69, 9.17) is 9.47 Å². The van der Waals surface area contributed by atoms with Gasteiger partial charge in [0, 0.05) is 0 Å². The van der Waals surface area contributed by atoms with E-state index in [0.29, 0.717) is 18.0 Å². The number of fused-ring (bicyclic) bond motifs is 1. The Morgan fingerprint density at radius 3 is 2.86 bits per heavy atom. The van der Waals surface area contributed by atoms with Gasteiger partial charge in [0.1, 0.15) is 7.85 Å². The number of allylic oxidation sites excluding steroid dienone is 1. The van der Waals surface area contributed by atoms with Crippen molar-refractivity contribution in [3.05, 3.63) is 12.2 Å². The van der Waals surface area contributed by atoms with E-state index in [1.807, 2.05) is 0 Å². The highest BCUT2D eigenvalue weighted by molar-refractivity contribution is 6.12. The zero-order valence-electron chi connectivity index (χ0n) is 9.11. The maximum atomic E-state index is 5.84. The third-order valence-electron chi connectivity index (χ3n) is 3.14. The summed E-state index contributed by atoms with van der Waals surface area (Å²) >= 11 is 0. The Labute approximate surface area is 87.1 Å². The molecule has 0 aromatic heterocycles. The van der Waals surface area contributed by atoms with Crippen LogP contribution in [0.25, 0.3) is 0 Å². The van der Waals surface area contributed by atoms with E-state index in [1.165, 1.54) is 6.42 Å². The molecule has 0 N–H and O–H groups in total. The molecule has 78 valence electrons. The number of hydrogen-bond donors (Lipinski definition) is 0. The first-order chi connectivity index (χ1) is 6.79. The molecule has 1 saturated heterocycles. The summed E-state index contributed by atoms with van der Waals surface area (Å²) in [5, 5.41) is 0. The number of hydrogen-bond acceptors (Lipinski definition) is 2. The predicted molar refractivity (Wildman–Crippen MR) is 59.1 cm³/mol. The fourth-order valence-electron chi connectivity index (χ4n) is 2.22. The second kappa shape index (κ2) is 4.50. The molecule has 2 rings (SSSR count). The van der Waals surface area contributed by atoms with Crippen LogP contribution in [0.4, 0.5) is 0 Å². The molecule has 4 unspecified atom stereocenters. The first-order valence-corrected chi connectivity index (χ1v) is 5.77. The molecule has 1 aliphatic heterocycles. The molecular weight excluding hydrogens is 175 g/mol. The van der Waals surface area contributed by atoms with Gasteiger partial charge in [-0.05, 0) is 19.3 Å². The van der Waals surface area contributed by atoms with E-state index in [1.54, 1.807) is 0 Å². The summed E-state index contributed by atoms with van der Waals surface area (Å²) in [6.45, 7) is 2.11. The third-order valence-corrected chi connectivity index (χ3v) is 3.14. The van der Waals surface area contributed by atoms with Crippen LogP contribution >= 0.6 is 0 Å². The van der Waals surface area contributed by atoms with Gasteiger partial charge in [-0.25, -0.2) is 0 Å². The summed E-state index contributed by atoms with van der Waals surface area (Å²) in [6.07, 6.45) is 9.60. The third kappa shape index (κ3) is 2.21. The first-order valence-electron chi connectivity index (χ1n) is 5.77. The topological polar surface area (TPSA) is 18.5 Å². The van der Waals surface area contributed by atoms with Crippen molar-refractivity contribution in [2.45, 2.75) is 56.9 Å². The summed E-state index contributed by atoms with van der Waals surface area (Å²) in [4.78, 5) is 0. The van der Waals surface area contributed by atoms with Crippen LogP contribution in [0.3, 0.4) is 0 Å². The van der Waals surface area contributed by atoms with Crippen molar-refractivity contribution in [3.63, 3.8) is 0 Å². The summed E-state index contributed by atoms with van der Waals surface area (Å²) in [7, 11) is 2.27. The Hall–Kier alpha value is -0.275. The largest absolute Gasteiger partial charge is 0.347 e. The van der Waals surface area contributed by atoms with Crippen molar-refractivity contribution >= 4 is 7.85 Å². The van der Waals surface area contributed by atoms with Crippen LogP contribution in [0.1, 0.15) is 32.6 Å². The molecule has 0 aromatic carbocycles. The Kier molecular flexibility index (Phi) is 3.29. The average Bonchev–Trinajstić information content (AvgIpc) is 2.54. The molecule has 1 fully saturated rings. The summed E-state index contributed by atoms with van der Waals surface area (Å²) in [6, 6.07) is 0.